The molecule has 0 aromatic heterocycles. The third-order valence-electron chi connectivity index (χ3n) is 6.08. The van der Waals surface area contributed by atoms with Gasteiger partial charge in [0.2, 0.25) is 0 Å². The fourth-order valence-electron chi connectivity index (χ4n) is 4.35. The van der Waals surface area contributed by atoms with Crippen molar-refractivity contribution in [2.45, 2.75) is 19.4 Å². The van der Waals surface area contributed by atoms with Gasteiger partial charge >= 0.3 is 0 Å². The Morgan fingerprint density at radius 3 is 2.43 bits per heavy atom. The van der Waals surface area contributed by atoms with Crippen LogP contribution in [0.15, 0.2) is 91.0 Å². The highest BCUT2D eigenvalue weighted by molar-refractivity contribution is 6.46. The van der Waals surface area contributed by atoms with E-state index in [1.165, 1.54) is 4.90 Å². The molecule has 37 heavy (non-hydrogen) atoms. The number of carbonyl (C=O) groups is 2. The van der Waals surface area contributed by atoms with E-state index in [0.717, 1.165) is 5.56 Å². The lowest BCUT2D eigenvalue weighted by Gasteiger charge is -2.26. The van der Waals surface area contributed by atoms with Crippen molar-refractivity contribution in [1.82, 2.24) is 4.90 Å². The fraction of sp³-hybridized carbons (Fsp3) is 0.200. The second-order valence-electron chi connectivity index (χ2n) is 8.47. The zero-order valence-corrected chi connectivity index (χ0v) is 21.3. The van der Waals surface area contributed by atoms with E-state index in [2.05, 4.69) is 6.58 Å². The SMILES string of the molecule is C=CCOc1ccc(C2/C(=C(\O)c3ccc(Cl)cc3)C(=O)C(=O)N2CCc2ccccc2)cc1OCC. The van der Waals surface area contributed by atoms with Crippen molar-refractivity contribution < 1.29 is 24.2 Å². The first-order chi connectivity index (χ1) is 17.9. The molecule has 0 saturated carbocycles. The van der Waals surface area contributed by atoms with E-state index < -0.39 is 17.7 Å². The van der Waals surface area contributed by atoms with Crippen molar-refractivity contribution >= 4 is 29.1 Å². The van der Waals surface area contributed by atoms with Gasteiger partial charge in [-0.05, 0) is 60.9 Å². The van der Waals surface area contributed by atoms with E-state index in [1.807, 2.05) is 37.3 Å². The van der Waals surface area contributed by atoms with Gasteiger partial charge in [0.1, 0.15) is 12.4 Å². The van der Waals surface area contributed by atoms with Crippen LogP contribution < -0.4 is 9.47 Å². The third-order valence-corrected chi connectivity index (χ3v) is 6.33. The Kier molecular flexibility index (Phi) is 8.31. The summed E-state index contributed by atoms with van der Waals surface area (Å²) in [5, 5.41) is 11.7. The number of likely N-dealkylation sites (tertiary alicyclic amines) is 1. The molecule has 1 atom stereocenters. The van der Waals surface area contributed by atoms with Crippen LogP contribution in [0.2, 0.25) is 5.02 Å². The second kappa shape index (κ2) is 11.8. The highest BCUT2D eigenvalue weighted by Crippen LogP contribution is 2.42. The lowest BCUT2D eigenvalue weighted by atomic mass is 9.95. The van der Waals surface area contributed by atoms with Crippen LogP contribution >= 0.6 is 11.6 Å². The largest absolute Gasteiger partial charge is 0.507 e. The van der Waals surface area contributed by atoms with Crippen molar-refractivity contribution in [3.05, 3.63) is 113 Å². The summed E-state index contributed by atoms with van der Waals surface area (Å²) >= 11 is 6.01. The molecule has 1 aliphatic rings. The van der Waals surface area contributed by atoms with Crippen LogP contribution in [0.5, 0.6) is 11.5 Å². The van der Waals surface area contributed by atoms with E-state index in [1.54, 1.807) is 48.5 Å². The molecule has 1 N–H and O–H groups in total. The van der Waals surface area contributed by atoms with Crippen LogP contribution in [0.3, 0.4) is 0 Å². The summed E-state index contributed by atoms with van der Waals surface area (Å²) in [5.41, 5.74) is 2.07. The molecule has 7 heteroatoms. The van der Waals surface area contributed by atoms with Gasteiger partial charge in [-0.1, -0.05) is 60.7 Å². The number of Topliss-reactive ketones (excluding diaryl/α,β-unsaturated/α-hetero) is 1. The zero-order chi connectivity index (χ0) is 26.4. The van der Waals surface area contributed by atoms with Crippen molar-refractivity contribution in [3.8, 4) is 11.5 Å². The Hall–Kier alpha value is -4.03. The van der Waals surface area contributed by atoms with Gasteiger partial charge in [-0.3, -0.25) is 9.59 Å². The topological polar surface area (TPSA) is 76.1 Å². The van der Waals surface area contributed by atoms with E-state index in [0.29, 0.717) is 47.3 Å². The number of hydrogen-bond donors (Lipinski definition) is 1. The summed E-state index contributed by atoms with van der Waals surface area (Å²) in [5.74, 6) is -0.671. The van der Waals surface area contributed by atoms with Gasteiger partial charge in [-0.25, -0.2) is 0 Å². The van der Waals surface area contributed by atoms with Crippen LogP contribution in [0, 0.1) is 0 Å². The Morgan fingerprint density at radius 1 is 1.03 bits per heavy atom. The molecule has 1 aliphatic heterocycles. The first kappa shape index (κ1) is 26.0. The number of halogens is 1. The Morgan fingerprint density at radius 2 is 1.76 bits per heavy atom. The van der Waals surface area contributed by atoms with Gasteiger partial charge in [0.15, 0.2) is 11.5 Å². The van der Waals surface area contributed by atoms with Gasteiger partial charge in [-0.15, -0.1) is 0 Å². The highest BCUT2D eigenvalue weighted by atomic mass is 35.5. The summed E-state index contributed by atoms with van der Waals surface area (Å²) in [4.78, 5) is 28.1. The molecule has 1 unspecified atom stereocenters. The predicted octanol–water partition coefficient (Wildman–Crippen LogP) is 5.97. The van der Waals surface area contributed by atoms with Crippen LogP contribution in [0.4, 0.5) is 0 Å². The molecule has 1 saturated heterocycles. The summed E-state index contributed by atoms with van der Waals surface area (Å²) in [6.45, 7) is 6.52. The number of aliphatic hydroxyl groups is 1. The smallest absolute Gasteiger partial charge is 0.295 e. The molecular formula is C30H28ClNO5. The number of carbonyl (C=O) groups excluding carboxylic acids is 2. The number of benzene rings is 3. The lowest BCUT2D eigenvalue weighted by molar-refractivity contribution is -0.139. The van der Waals surface area contributed by atoms with E-state index in [4.69, 9.17) is 21.1 Å². The van der Waals surface area contributed by atoms with Gasteiger partial charge < -0.3 is 19.5 Å². The number of ether oxygens (including phenoxy) is 2. The molecule has 190 valence electrons. The van der Waals surface area contributed by atoms with E-state index in [9.17, 15) is 14.7 Å². The standard InChI is InChI=1S/C30H28ClNO5/c1-3-18-37-24-15-12-22(19-25(24)36-4-2)27-26(28(33)21-10-13-23(31)14-11-21)29(34)30(35)32(27)17-16-20-8-6-5-7-9-20/h3,5-15,19,27,33H,1,4,16-18H2,2H3/b28-26+. The molecule has 3 aromatic rings. The predicted molar refractivity (Wildman–Crippen MR) is 144 cm³/mol. The van der Waals surface area contributed by atoms with E-state index in [-0.39, 0.29) is 17.9 Å². The molecular weight excluding hydrogens is 490 g/mol. The van der Waals surface area contributed by atoms with Gasteiger partial charge in [0.05, 0.1) is 18.2 Å². The molecule has 0 radical (unpaired) electrons. The number of nitrogens with zero attached hydrogens (tertiary/aromatic N) is 1. The van der Waals surface area contributed by atoms with Crippen molar-refractivity contribution in [3.63, 3.8) is 0 Å². The Balaban J connectivity index is 1.81. The summed E-state index contributed by atoms with van der Waals surface area (Å²) in [6, 6.07) is 20.7. The maximum atomic E-state index is 13.3. The first-order valence-corrected chi connectivity index (χ1v) is 12.4. The van der Waals surface area contributed by atoms with Gasteiger partial charge in [0.25, 0.3) is 11.7 Å². The maximum Gasteiger partial charge on any atom is 0.295 e. The van der Waals surface area contributed by atoms with Gasteiger partial charge in [-0.2, -0.15) is 0 Å². The second-order valence-corrected chi connectivity index (χ2v) is 8.91. The third kappa shape index (κ3) is 5.70. The lowest BCUT2D eigenvalue weighted by Crippen LogP contribution is -2.31. The van der Waals surface area contributed by atoms with E-state index >= 15 is 0 Å². The van der Waals surface area contributed by atoms with Gasteiger partial charge in [0, 0.05) is 17.1 Å². The average Bonchev–Trinajstić information content (AvgIpc) is 3.17. The summed E-state index contributed by atoms with van der Waals surface area (Å²) < 4.78 is 11.5. The number of aliphatic hydroxyl groups excluding tert-OH is 1. The summed E-state index contributed by atoms with van der Waals surface area (Å²) in [7, 11) is 0. The van der Waals surface area contributed by atoms with Crippen molar-refractivity contribution in [2.75, 3.05) is 19.8 Å². The molecule has 1 heterocycles. The number of ketones is 1. The van der Waals surface area contributed by atoms with Crippen LogP contribution in [-0.4, -0.2) is 41.5 Å². The molecule has 3 aromatic carbocycles. The number of rotatable bonds is 10. The molecule has 0 bridgehead atoms. The van der Waals surface area contributed by atoms with Crippen LogP contribution in [0.25, 0.3) is 5.76 Å². The van der Waals surface area contributed by atoms with Crippen molar-refractivity contribution in [1.29, 1.82) is 0 Å². The Labute approximate surface area is 221 Å². The molecule has 1 amide bonds. The van der Waals surface area contributed by atoms with Crippen molar-refractivity contribution in [2.24, 2.45) is 0 Å². The quantitative estimate of drug-likeness (QED) is 0.155. The minimum Gasteiger partial charge on any atom is -0.507 e. The maximum absolute atomic E-state index is 13.3. The Bertz CT molecular complexity index is 1320. The molecule has 4 rings (SSSR count). The zero-order valence-electron chi connectivity index (χ0n) is 20.5. The monoisotopic (exact) mass is 517 g/mol. The minimum absolute atomic E-state index is 0.0163. The fourth-order valence-corrected chi connectivity index (χ4v) is 4.47. The number of amides is 1. The summed E-state index contributed by atoms with van der Waals surface area (Å²) in [6.07, 6.45) is 2.18. The van der Waals surface area contributed by atoms with Crippen LogP contribution in [-0.2, 0) is 16.0 Å². The molecule has 6 nitrogen and oxygen atoms in total. The first-order valence-electron chi connectivity index (χ1n) is 12.0. The molecule has 1 fully saturated rings. The van der Waals surface area contributed by atoms with Crippen LogP contribution in [0.1, 0.15) is 29.7 Å². The average molecular weight is 518 g/mol. The number of hydrogen-bond acceptors (Lipinski definition) is 5. The highest BCUT2D eigenvalue weighted by Gasteiger charge is 2.46. The molecule has 0 aliphatic carbocycles. The normalized spacial score (nSPS) is 16.6. The molecule has 0 spiro atoms. The minimum atomic E-state index is -0.813.